The largest absolute Gasteiger partial charge is 0.295 e. The third-order valence-electron chi connectivity index (χ3n) is 5.15. The Morgan fingerprint density at radius 2 is 1.73 bits per heavy atom. The predicted octanol–water partition coefficient (Wildman–Crippen LogP) is 0.557. The second-order valence-corrected chi connectivity index (χ2v) is 9.05. The quantitative estimate of drug-likeness (QED) is 0.497. The van der Waals surface area contributed by atoms with Gasteiger partial charge in [-0.15, -0.1) is 0 Å². The lowest BCUT2D eigenvalue weighted by molar-refractivity contribution is -0.136. The van der Waals surface area contributed by atoms with Crippen molar-refractivity contribution in [3.05, 3.63) is 65.0 Å². The number of piperidine rings is 1. The molecule has 2 N–H and O–H groups in total. The van der Waals surface area contributed by atoms with Crippen LogP contribution in [0.15, 0.2) is 47.4 Å². The zero-order valence-electron chi connectivity index (χ0n) is 16.9. The summed E-state index contributed by atoms with van der Waals surface area (Å²) in [5.41, 5.74) is 0.552. The zero-order chi connectivity index (χ0) is 23.8. The highest BCUT2D eigenvalue weighted by Crippen LogP contribution is 2.28. The molecule has 0 spiro atoms. The van der Waals surface area contributed by atoms with E-state index in [9.17, 15) is 32.0 Å². The van der Waals surface area contributed by atoms with Crippen LogP contribution in [0.25, 0.3) is 0 Å². The highest BCUT2D eigenvalue weighted by Gasteiger charge is 2.44. The van der Waals surface area contributed by atoms with E-state index in [-0.39, 0.29) is 35.4 Å². The Morgan fingerprint density at radius 1 is 1.03 bits per heavy atom. The number of sulfonamides is 1. The Labute approximate surface area is 188 Å². The summed E-state index contributed by atoms with van der Waals surface area (Å²) >= 11 is 0. The van der Waals surface area contributed by atoms with Crippen LogP contribution in [0.2, 0.25) is 0 Å². The molecule has 2 aliphatic rings. The molecule has 4 rings (SSSR count). The molecule has 33 heavy (non-hydrogen) atoms. The van der Waals surface area contributed by atoms with Crippen LogP contribution in [0.4, 0.5) is 4.39 Å². The average Bonchev–Trinajstić information content (AvgIpc) is 3.02. The minimum atomic E-state index is -3.87. The van der Waals surface area contributed by atoms with Gasteiger partial charge in [0.1, 0.15) is 11.9 Å². The first-order valence-corrected chi connectivity index (χ1v) is 11.3. The number of halogens is 1. The Morgan fingerprint density at radius 3 is 2.42 bits per heavy atom. The third kappa shape index (κ3) is 4.39. The highest BCUT2D eigenvalue weighted by molar-refractivity contribution is 7.89. The second kappa shape index (κ2) is 8.57. The predicted molar refractivity (Wildman–Crippen MR) is 112 cm³/mol. The van der Waals surface area contributed by atoms with Gasteiger partial charge in [-0.25, -0.2) is 12.8 Å². The molecule has 2 aromatic rings. The van der Waals surface area contributed by atoms with Crippen molar-refractivity contribution < 1.29 is 32.0 Å². The molecule has 4 amide bonds. The van der Waals surface area contributed by atoms with Gasteiger partial charge in [0.2, 0.25) is 21.8 Å². The van der Waals surface area contributed by atoms with Gasteiger partial charge in [-0.05, 0) is 48.9 Å². The minimum absolute atomic E-state index is 0.0222. The summed E-state index contributed by atoms with van der Waals surface area (Å²) in [7, 11) is -3.87. The van der Waals surface area contributed by atoms with E-state index in [2.05, 4.69) is 21.9 Å². The van der Waals surface area contributed by atoms with Crippen LogP contribution in [0, 0.1) is 17.7 Å². The van der Waals surface area contributed by atoms with Gasteiger partial charge in [0.05, 0.1) is 22.6 Å². The fourth-order valence-corrected chi connectivity index (χ4v) is 4.45. The van der Waals surface area contributed by atoms with Gasteiger partial charge in [0, 0.05) is 12.0 Å². The van der Waals surface area contributed by atoms with Crippen molar-refractivity contribution in [2.45, 2.75) is 23.8 Å². The molecule has 168 valence electrons. The van der Waals surface area contributed by atoms with Gasteiger partial charge in [0.25, 0.3) is 11.8 Å². The minimum Gasteiger partial charge on any atom is -0.295 e. The van der Waals surface area contributed by atoms with Crippen LogP contribution < -0.4 is 10.0 Å². The molecule has 0 aromatic heterocycles. The lowest BCUT2D eigenvalue weighted by Crippen LogP contribution is -2.54. The molecule has 0 radical (unpaired) electrons. The smallest absolute Gasteiger partial charge is 0.262 e. The monoisotopic (exact) mass is 469 g/mol. The molecular formula is C22H16FN3O6S. The molecule has 0 saturated carbocycles. The number of nitrogens with one attached hydrogen (secondary N) is 2. The molecule has 0 aliphatic carbocycles. The van der Waals surface area contributed by atoms with Gasteiger partial charge in [0.15, 0.2) is 0 Å². The second-order valence-electron chi connectivity index (χ2n) is 7.29. The van der Waals surface area contributed by atoms with Crippen molar-refractivity contribution in [1.29, 1.82) is 0 Å². The van der Waals surface area contributed by atoms with Gasteiger partial charge in [-0.3, -0.25) is 29.4 Å². The maximum absolute atomic E-state index is 13.0. The summed E-state index contributed by atoms with van der Waals surface area (Å²) in [6, 6.07) is 7.55. The van der Waals surface area contributed by atoms with E-state index in [1.54, 1.807) is 0 Å². The first kappa shape index (κ1) is 22.3. The van der Waals surface area contributed by atoms with Crippen LogP contribution in [0.5, 0.6) is 0 Å². The number of carbonyl (C=O) groups is 4. The molecule has 2 aliphatic heterocycles. The summed E-state index contributed by atoms with van der Waals surface area (Å²) in [6.07, 6.45) is 0.0748. The van der Waals surface area contributed by atoms with E-state index in [1.165, 1.54) is 18.2 Å². The van der Waals surface area contributed by atoms with Crippen LogP contribution in [0.1, 0.15) is 39.1 Å². The summed E-state index contributed by atoms with van der Waals surface area (Å²) in [5, 5.41) is 2.13. The first-order chi connectivity index (χ1) is 15.7. The van der Waals surface area contributed by atoms with E-state index < -0.39 is 45.5 Å². The molecule has 9 nitrogen and oxygen atoms in total. The molecule has 2 aromatic carbocycles. The summed E-state index contributed by atoms with van der Waals surface area (Å²) in [5.74, 6) is 2.32. The summed E-state index contributed by atoms with van der Waals surface area (Å²) in [4.78, 5) is 49.7. The third-order valence-corrected chi connectivity index (χ3v) is 6.56. The molecule has 0 bridgehead atoms. The van der Waals surface area contributed by atoms with Crippen molar-refractivity contribution in [2.24, 2.45) is 0 Å². The van der Waals surface area contributed by atoms with E-state index >= 15 is 0 Å². The topological polar surface area (TPSA) is 130 Å². The van der Waals surface area contributed by atoms with Gasteiger partial charge < -0.3 is 0 Å². The SMILES string of the molecule is O=C1CCC(N2C(=O)c3ccc(C#CCNS(=O)(=O)c4ccc(F)cc4)cc3C2=O)C(=O)N1. The number of rotatable bonds is 4. The maximum atomic E-state index is 13.0. The standard InChI is InChI=1S/C22H16FN3O6S/c23-14-4-6-15(7-5-14)33(31,32)24-11-1-2-13-3-8-16-17(12-13)22(30)26(21(16)29)18-9-10-19(27)25-20(18)28/h3-8,12,18,24H,9-11H2,(H,25,27,28). The average molecular weight is 469 g/mol. The number of nitrogens with zero attached hydrogens (tertiary/aromatic N) is 1. The van der Waals surface area contributed by atoms with Gasteiger partial charge >= 0.3 is 0 Å². The number of fused-ring (bicyclic) bond motifs is 1. The number of benzene rings is 2. The summed E-state index contributed by atoms with van der Waals surface area (Å²) < 4.78 is 39.6. The van der Waals surface area contributed by atoms with E-state index in [1.807, 2.05) is 0 Å². The van der Waals surface area contributed by atoms with Crippen molar-refractivity contribution in [1.82, 2.24) is 14.9 Å². The molecule has 1 saturated heterocycles. The van der Waals surface area contributed by atoms with E-state index in [0.29, 0.717) is 5.56 Å². The molecule has 1 fully saturated rings. The molecule has 11 heteroatoms. The Bertz CT molecular complexity index is 1360. The van der Waals surface area contributed by atoms with Crippen molar-refractivity contribution in [3.8, 4) is 11.8 Å². The number of amides is 4. The van der Waals surface area contributed by atoms with Crippen LogP contribution in [0.3, 0.4) is 0 Å². The zero-order valence-corrected chi connectivity index (χ0v) is 17.7. The van der Waals surface area contributed by atoms with Crippen LogP contribution in [-0.4, -0.2) is 49.5 Å². The Kier molecular flexibility index (Phi) is 5.80. The molecule has 1 atom stereocenters. The van der Waals surface area contributed by atoms with Gasteiger partial charge in [-0.1, -0.05) is 11.8 Å². The maximum Gasteiger partial charge on any atom is 0.262 e. The first-order valence-electron chi connectivity index (χ1n) is 9.77. The Hall–Kier alpha value is -3.88. The number of carbonyl (C=O) groups excluding carboxylic acids is 4. The highest BCUT2D eigenvalue weighted by atomic mass is 32.2. The number of hydrogen-bond acceptors (Lipinski definition) is 6. The lowest BCUT2D eigenvalue weighted by atomic mass is 10.0. The number of hydrogen-bond donors (Lipinski definition) is 2. The van der Waals surface area contributed by atoms with Crippen molar-refractivity contribution >= 4 is 33.7 Å². The fraction of sp³-hybridized carbons (Fsp3) is 0.182. The fourth-order valence-electron chi connectivity index (χ4n) is 3.52. The van der Waals surface area contributed by atoms with Crippen LogP contribution >= 0.6 is 0 Å². The Balaban J connectivity index is 1.47. The molecule has 2 heterocycles. The van der Waals surface area contributed by atoms with E-state index in [4.69, 9.17) is 0 Å². The normalized spacial score (nSPS) is 18.0. The van der Waals surface area contributed by atoms with E-state index in [0.717, 1.165) is 29.2 Å². The summed E-state index contributed by atoms with van der Waals surface area (Å²) in [6.45, 7) is -0.244. The number of imide groups is 2. The van der Waals surface area contributed by atoms with Gasteiger partial charge in [-0.2, -0.15) is 4.72 Å². The van der Waals surface area contributed by atoms with Crippen molar-refractivity contribution in [2.75, 3.05) is 6.54 Å². The van der Waals surface area contributed by atoms with Crippen molar-refractivity contribution in [3.63, 3.8) is 0 Å². The molecule has 1 unspecified atom stereocenters. The lowest BCUT2D eigenvalue weighted by Gasteiger charge is -2.27. The van der Waals surface area contributed by atoms with Crippen LogP contribution in [-0.2, 0) is 19.6 Å². The molecular weight excluding hydrogens is 453 g/mol.